The van der Waals surface area contributed by atoms with Crippen molar-refractivity contribution >= 4 is 27.2 Å². The van der Waals surface area contributed by atoms with Crippen LogP contribution in [0.5, 0.6) is 0 Å². The minimum atomic E-state index is -3.08. The third-order valence-corrected chi connectivity index (χ3v) is 5.13. The van der Waals surface area contributed by atoms with Crippen LogP contribution in [0.25, 0.3) is 0 Å². The van der Waals surface area contributed by atoms with E-state index < -0.39 is 10.0 Å². The Morgan fingerprint density at radius 1 is 1.64 bits per heavy atom. The lowest BCUT2D eigenvalue weighted by Crippen LogP contribution is -2.37. The van der Waals surface area contributed by atoms with Gasteiger partial charge in [-0.05, 0) is 12.8 Å². The third kappa shape index (κ3) is 2.65. The normalized spacial score (nSPS) is 19.6. The summed E-state index contributed by atoms with van der Waals surface area (Å²) >= 11 is 4.80. The van der Waals surface area contributed by atoms with E-state index in [1.165, 1.54) is 4.31 Å². The third-order valence-electron chi connectivity index (χ3n) is 2.40. The van der Waals surface area contributed by atoms with E-state index in [0.29, 0.717) is 11.5 Å². The van der Waals surface area contributed by atoms with Crippen LogP contribution in [0.2, 0.25) is 0 Å². The molecule has 1 aliphatic rings. The van der Waals surface area contributed by atoms with Gasteiger partial charge in [0.25, 0.3) is 0 Å². The van der Waals surface area contributed by atoms with Gasteiger partial charge in [-0.1, -0.05) is 19.1 Å². The number of sulfonamides is 1. The zero-order valence-electron chi connectivity index (χ0n) is 8.43. The number of hydrogen-bond acceptors (Lipinski definition) is 3. The summed E-state index contributed by atoms with van der Waals surface area (Å²) in [6.07, 6.45) is 1.57. The predicted octanol–water partition coefficient (Wildman–Crippen LogP) is 0.333. The molecule has 0 amide bonds. The first-order valence-corrected chi connectivity index (χ1v) is 6.51. The van der Waals surface area contributed by atoms with Crippen LogP contribution in [0.1, 0.15) is 19.8 Å². The van der Waals surface area contributed by atoms with Crippen LogP contribution in [0.3, 0.4) is 0 Å². The average Bonchev–Trinajstić information content (AvgIpc) is 2.85. The summed E-state index contributed by atoms with van der Waals surface area (Å²) in [5, 5.41) is -0.161. The Kier molecular flexibility index (Phi) is 3.49. The fourth-order valence-corrected chi connectivity index (χ4v) is 2.95. The van der Waals surface area contributed by atoms with Gasteiger partial charge in [-0.15, -0.1) is 0 Å². The van der Waals surface area contributed by atoms with Crippen molar-refractivity contribution in [2.75, 3.05) is 13.6 Å². The van der Waals surface area contributed by atoms with Crippen molar-refractivity contribution in [1.82, 2.24) is 4.31 Å². The Bertz CT molecular complexity index is 322. The molecule has 0 aromatic rings. The Balaban J connectivity index is 2.57. The van der Waals surface area contributed by atoms with E-state index in [1.807, 2.05) is 6.92 Å². The monoisotopic (exact) mass is 236 g/mol. The zero-order valence-corrected chi connectivity index (χ0v) is 10.1. The van der Waals surface area contributed by atoms with Gasteiger partial charge >= 0.3 is 0 Å². The molecule has 1 unspecified atom stereocenters. The van der Waals surface area contributed by atoms with Crippen molar-refractivity contribution in [3.05, 3.63) is 0 Å². The molecule has 0 aromatic heterocycles. The highest BCUT2D eigenvalue weighted by Gasteiger charge is 2.38. The standard InChI is InChI=1S/C8H16N2O2S2/c1-6(8(9)13)5-10(2)14(11,12)7-3-4-7/h6-7H,3-5H2,1-2H3,(H2,9,13). The molecule has 2 N–H and O–H groups in total. The molecule has 0 aromatic carbocycles. The molecule has 0 saturated heterocycles. The van der Waals surface area contributed by atoms with Crippen LogP contribution in [0.4, 0.5) is 0 Å². The maximum Gasteiger partial charge on any atom is 0.216 e. The first-order valence-electron chi connectivity index (χ1n) is 4.60. The van der Waals surface area contributed by atoms with Crippen molar-refractivity contribution in [1.29, 1.82) is 0 Å². The van der Waals surface area contributed by atoms with Crippen molar-refractivity contribution < 1.29 is 8.42 Å². The summed E-state index contributed by atoms with van der Waals surface area (Å²) in [5.74, 6) is -0.0662. The second-order valence-electron chi connectivity index (χ2n) is 3.83. The van der Waals surface area contributed by atoms with Gasteiger partial charge in [0, 0.05) is 19.5 Å². The fraction of sp³-hybridized carbons (Fsp3) is 0.875. The largest absolute Gasteiger partial charge is 0.393 e. The van der Waals surface area contributed by atoms with Crippen LogP contribution in [-0.2, 0) is 10.0 Å². The van der Waals surface area contributed by atoms with Gasteiger partial charge in [0.1, 0.15) is 0 Å². The van der Waals surface area contributed by atoms with E-state index in [0.717, 1.165) is 12.8 Å². The molecular formula is C8H16N2O2S2. The molecular weight excluding hydrogens is 220 g/mol. The molecule has 0 bridgehead atoms. The first-order chi connectivity index (χ1) is 6.35. The SMILES string of the molecule is CC(CN(C)S(=O)(=O)C1CC1)C(N)=S. The maximum absolute atomic E-state index is 11.7. The highest BCUT2D eigenvalue weighted by Crippen LogP contribution is 2.30. The number of hydrogen-bond donors (Lipinski definition) is 1. The lowest BCUT2D eigenvalue weighted by atomic mass is 10.2. The van der Waals surface area contributed by atoms with E-state index in [4.69, 9.17) is 18.0 Å². The number of rotatable bonds is 5. The molecule has 6 heteroatoms. The molecule has 0 radical (unpaired) electrons. The smallest absolute Gasteiger partial charge is 0.216 e. The number of nitrogens with two attached hydrogens (primary N) is 1. The van der Waals surface area contributed by atoms with Gasteiger partial charge in [0.2, 0.25) is 10.0 Å². The molecule has 14 heavy (non-hydrogen) atoms. The molecule has 1 atom stereocenters. The summed E-state index contributed by atoms with van der Waals surface area (Å²) in [5.41, 5.74) is 5.43. The zero-order chi connectivity index (χ0) is 10.9. The lowest BCUT2D eigenvalue weighted by molar-refractivity contribution is 0.444. The molecule has 1 aliphatic carbocycles. The van der Waals surface area contributed by atoms with Gasteiger partial charge in [-0.3, -0.25) is 0 Å². The van der Waals surface area contributed by atoms with E-state index in [2.05, 4.69) is 0 Å². The molecule has 0 spiro atoms. The summed E-state index contributed by atoms with van der Waals surface area (Å²) in [6, 6.07) is 0. The Morgan fingerprint density at radius 3 is 2.50 bits per heavy atom. The molecule has 1 saturated carbocycles. The predicted molar refractivity (Wildman–Crippen MR) is 60.5 cm³/mol. The highest BCUT2D eigenvalue weighted by atomic mass is 32.2. The van der Waals surface area contributed by atoms with Crippen LogP contribution in [0.15, 0.2) is 0 Å². The Hall–Kier alpha value is -0.200. The topological polar surface area (TPSA) is 63.4 Å². The van der Waals surface area contributed by atoms with Crippen molar-refractivity contribution in [2.45, 2.75) is 25.0 Å². The van der Waals surface area contributed by atoms with E-state index in [9.17, 15) is 8.42 Å². The molecule has 82 valence electrons. The van der Waals surface area contributed by atoms with Crippen LogP contribution in [0, 0.1) is 5.92 Å². The second kappa shape index (κ2) is 4.12. The average molecular weight is 236 g/mol. The van der Waals surface area contributed by atoms with Crippen LogP contribution >= 0.6 is 12.2 Å². The second-order valence-corrected chi connectivity index (χ2v) is 6.62. The van der Waals surface area contributed by atoms with E-state index in [1.54, 1.807) is 7.05 Å². The fourth-order valence-electron chi connectivity index (χ4n) is 1.20. The number of nitrogens with zero attached hydrogens (tertiary/aromatic N) is 1. The first kappa shape index (κ1) is 11.9. The Labute approximate surface area is 90.5 Å². The minimum Gasteiger partial charge on any atom is -0.393 e. The molecule has 1 fully saturated rings. The van der Waals surface area contributed by atoms with Gasteiger partial charge in [-0.2, -0.15) is 0 Å². The summed E-state index contributed by atoms with van der Waals surface area (Å²) in [7, 11) is -1.49. The van der Waals surface area contributed by atoms with Crippen molar-refractivity contribution in [3.63, 3.8) is 0 Å². The van der Waals surface area contributed by atoms with Gasteiger partial charge < -0.3 is 5.73 Å². The summed E-state index contributed by atoms with van der Waals surface area (Å²) < 4.78 is 24.8. The quantitative estimate of drug-likeness (QED) is 0.699. The van der Waals surface area contributed by atoms with Crippen molar-refractivity contribution in [3.8, 4) is 0 Å². The number of thiocarbonyl (C=S) groups is 1. The highest BCUT2D eigenvalue weighted by molar-refractivity contribution is 7.90. The van der Waals surface area contributed by atoms with Crippen LogP contribution < -0.4 is 5.73 Å². The van der Waals surface area contributed by atoms with Gasteiger partial charge in [-0.25, -0.2) is 12.7 Å². The Morgan fingerprint density at radius 2 is 2.14 bits per heavy atom. The maximum atomic E-state index is 11.7. The minimum absolute atomic E-state index is 0.0662. The molecule has 0 heterocycles. The summed E-state index contributed by atoms with van der Waals surface area (Å²) in [6.45, 7) is 2.22. The molecule has 1 rings (SSSR count). The molecule has 4 nitrogen and oxygen atoms in total. The van der Waals surface area contributed by atoms with E-state index >= 15 is 0 Å². The van der Waals surface area contributed by atoms with Crippen molar-refractivity contribution in [2.24, 2.45) is 11.7 Å². The van der Waals surface area contributed by atoms with E-state index in [-0.39, 0.29) is 11.2 Å². The summed E-state index contributed by atoms with van der Waals surface area (Å²) in [4.78, 5) is 0.364. The lowest BCUT2D eigenvalue weighted by Gasteiger charge is -2.20. The van der Waals surface area contributed by atoms with Gasteiger partial charge in [0.05, 0.1) is 10.2 Å². The van der Waals surface area contributed by atoms with Gasteiger partial charge in [0.15, 0.2) is 0 Å². The molecule has 0 aliphatic heterocycles. The van der Waals surface area contributed by atoms with Crippen LogP contribution in [-0.4, -0.2) is 36.6 Å².